The lowest BCUT2D eigenvalue weighted by Gasteiger charge is -2.24. The molecule has 0 spiro atoms. The van der Waals surface area contributed by atoms with Gasteiger partial charge in [0.15, 0.2) is 0 Å². The molecule has 9 heteroatoms. The number of hydrogen-bond donors (Lipinski definition) is 3. The van der Waals surface area contributed by atoms with Crippen molar-refractivity contribution in [3.63, 3.8) is 0 Å². The average Bonchev–Trinajstić information content (AvgIpc) is 3.28. The second-order valence-corrected chi connectivity index (χ2v) is 14.9. The largest absolute Gasteiger partial charge is 0.489 e. The van der Waals surface area contributed by atoms with Crippen LogP contribution < -0.4 is 20.1 Å². The predicted octanol–water partition coefficient (Wildman–Crippen LogP) is 8.15. The molecular formula is C51H56N2O7. The third-order valence-electron chi connectivity index (χ3n) is 10.0. The molecule has 0 bridgehead atoms. The predicted molar refractivity (Wildman–Crippen MR) is 235 cm³/mol. The zero-order valence-corrected chi connectivity index (χ0v) is 34.1. The molecule has 0 saturated carbocycles. The highest BCUT2D eigenvalue weighted by atomic mass is 16.5. The van der Waals surface area contributed by atoms with Crippen LogP contribution in [0, 0.1) is 11.8 Å². The van der Waals surface area contributed by atoms with Crippen molar-refractivity contribution in [1.29, 1.82) is 0 Å². The molecule has 0 aliphatic heterocycles. The Morgan fingerprint density at radius 3 is 1.48 bits per heavy atom. The van der Waals surface area contributed by atoms with E-state index in [0.717, 1.165) is 27.8 Å². The standard InChI is InChI=1S/C51H56N2O7/c1-3-14-43(33-49(55)52-45(34-54)31-39-22-26-47(27-23-39)58-35-41-18-10-6-11-19-41)50(56)53-46(37-60-51(57)44(15-4-2)30-38-16-8-5-9-17-38)32-40-24-28-48(29-25-40)59-36-42-20-12-7-13-21-42/h3-13,16-29,43-46,54H,1-2,14-15,30-37H2,(H,52,55)(H,53,56). The number of rotatable bonds is 25. The van der Waals surface area contributed by atoms with E-state index in [9.17, 15) is 19.5 Å². The van der Waals surface area contributed by atoms with Crippen LogP contribution in [0.15, 0.2) is 165 Å². The summed E-state index contributed by atoms with van der Waals surface area (Å²) in [7, 11) is 0. The van der Waals surface area contributed by atoms with Crippen LogP contribution in [0.3, 0.4) is 0 Å². The number of esters is 1. The van der Waals surface area contributed by atoms with Gasteiger partial charge >= 0.3 is 5.97 Å². The summed E-state index contributed by atoms with van der Waals surface area (Å²) < 4.78 is 17.8. The van der Waals surface area contributed by atoms with Gasteiger partial charge in [0.1, 0.15) is 31.3 Å². The first-order chi connectivity index (χ1) is 29.3. The average molecular weight is 809 g/mol. The summed E-state index contributed by atoms with van der Waals surface area (Å²) in [5, 5.41) is 16.1. The van der Waals surface area contributed by atoms with Gasteiger partial charge in [0.05, 0.1) is 30.5 Å². The topological polar surface area (TPSA) is 123 Å². The van der Waals surface area contributed by atoms with E-state index >= 15 is 0 Å². The number of benzene rings is 5. The van der Waals surface area contributed by atoms with Crippen molar-refractivity contribution in [2.45, 2.75) is 63.8 Å². The quantitative estimate of drug-likeness (QED) is 0.0402. The molecule has 5 rings (SSSR count). The van der Waals surface area contributed by atoms with E-state index in [1.807, 2.05) is 140 Å². The molecule has 5 aromatic carbocycles. The van der Waals surface area contributed by atoms with Crippen molar-refractivity contribution in [3.8, 4) is 11.5 Å². The van der Waals surface area contributed by atoms with Crippen molar-refractivity contribution < 1.29 is 33.7 Å². The van der Waals surface area contributed by atoms with Crippen LogP contribution in [0.5, 0.6) is 11.5 Å². The molecule has 4 atom stereocenters. The Balaban J connectivity index is 1.20. The number of carbonyl (C=O) groups is 3. The summed E-state index contributed by atoms with van der Waals surface area (Å²) in [5.41, 5.74) is 4.94. The number of ether oxygens (including phenoxy) is 3. The lowest BCUT2D eigenvalue weighted by atomic mass is 9.96. The molecule has 0 saturated heterocycles. The molecule has 0 aliphatic carbocycles. The van der Waals surface area contributed by atoms with Gasteiger partial charge in [-0.2, -0.15) is 0 Å². The fourth-order valence-electron chi connectivity index (χ4n) is 6.78. The number of amides is 2. The van der Waals surface area contributed by atoms with Gasteiger partial charge in [-0.15, -0.1) is 13.2 Å². The van der Waals surface area contributed by atoms with E-state index in [-0.39, 0.29) is 43.8 Å². The van der Waals surface area contributed by atoms with Crippen molar-refractivity contribution in [2.75, 3.05) is 13.2 Å². The van der Waals surface area contributed by atoms with Gasteiger partial charge in [-0.25, -0.2) is 0 Å². The third-order valence-corrected chi connectivity index (χ3v) is 10.0. The Kier molecular flexibility index (Phi) is 18.2. The minimum Gasteiger partial charge on any atom is -0.489 e. The molecule has 0 heterocycles. The maximum absolute atomic E-state index is 13.9. The Bertz CT molecular complexity index is 2060. The minimum absolute atomic E-state index is 0.0745. The lowest BCUT2D eigenvalue weighted by Crippen LogP contribution is -2.45. The number of aliphatic hydroxyl groups is 1. The van der Waals surface area contributed by atoms with Gasteiger partial charge in [-0.05, 0) is 84.2 Å². The Morgan fingerprint density at radius 2 is 1.00 bits per heavy atom. The molecule has 4 unspecified atom stereocenters. The van der Waals surface area contributed by atoms with Gasteiger partial charge in [-0.1, -0.05) is 127 Å². The van der Waals surface area contributed by atoms with Crippen molar-refractivity contribution in [1.82, 2.24) is 10.6 Å². The monoisotopic (exact) mass is 808 g/mol. The molecule has 2 amide bonds. The molecule has 0 fully saturated rings. The minimum atomic E-state index is -0.749. The van der Waals surface area contributed by atoms with Gasteiger partial charge in [0, 0.05) is 6.42 Å². The molecule has 3 N–H and O–H groups in total. The molecule has 5 aromatic rings. The molecule has 0 radical (unpaired) electrons. The van der Waals surface area contributed by atoms with E-state index in [2.05, 4.69) is 23.8 Å². The molecule has 0 aliphatic rings. The fraction of sp³-hybridized carbons (Fsp3) is 0.275. The Hall–Kier alpha value is -6.45. The summed E-state index contributed by atoms with van der Waals surface area (Å²) in [6.45, 7) is 8.19. The summed E-state index contributed by atoms with van der Waals surface area (Å²) >= 11 is 0. The molecule has 60 heavy (non-hydrogen) atoms. The van der Waals surface area contributed by atoms with Crippen molar-refractivity contribution in [3.05, 3.63) is 193 Å². The second kappa shape index (κ2) is 24.5. The highest BCUT2D eigenvalue weighted by Crippen LogP contribution is 2.20. The summed E-state index contributed by atoms with van der Waals surface area (Å²) in [6.07, 6.45) is 5.11. The highest BCUT2D eigenvalue weighted by Gasteiger charge is 2.27. The number of hydrogen-bond acceptors (Lipinski definition) is 7. The SMILES string of the molecule is C=CCC(CC(=O)NC(CO)Cc1ccc(OCc2ccccc2)cc1)C(=O)NC(COC(=O)C(CC=C)Cc1ccccc1)Cc1ccc(OCc2ccccc2)cc1. The first kappa shape index (κ1) is 44.6. The second-order valence-electron chi connectivity index (χ2n) is 14.9. The molecule has 312 valence electrons. The first-order valence-corrected chi connectivity index (χ1v) is 20.5. The van der Waals surface area contributed by atoms with Crippen LogP contribution >= 0.6 is 0 Å². The third kappa shape index (κ3) is 15.4. The van der Waals surface area contributed by atoms with Crippen LogP contribution in [0.1, 0.15) is 47.1 Å². The maximum atomic E-state index is 13.9. The van der Waals surface area contributed by atoms with E-state index in [4.69, 9.17) is 14.2 Å². The number of allylic oxidation sites excluding steroid dienone is 2. The van der Waals surface area contributed by atoms with Gasteiger partial charge in [-0.3, -0.25) is 14.4 Å². The van der Waals surface area contributed by atoms with Crippen LogP contribution in [-0.4, -0.2) is 48.2 Å². The Morgan fingerprint density at radius 1 is 0.550 bits per heavy atom. The van der Waals surface area contributed by atoms with Gasteiger partial charge in [0.25, 0.3) is 0 Å². The van der Waals surface area contributed by atoms with Gasteiger partial charge < -0.3 is 30.0 Å². The van der Waals surface area contributed by atoms with Crippen LogP contribution in [0.4, 0.5) is 0 Å². The van der Waals surface area contributed by atoms with Crippen LogP contribution in [-0.2, 0) is 51.6 Å². The summed E-state index contributed by atoms with van der Waals surface area (Å²) in [5.74, 6) is -0.896. The van der Waals surface area contributed by atoms with E-state index < -0.39 is 23.9 Å². The number of nitrogens with one attached hydrogen (secondary N) is 2. The number of aliphatic hydroxyl groups excluding tert-OH is 1. The van der Waals surface area contributed by atoms with Crippen LogP contribution in [0.2, 0.25) is 0 Å². The fourth-order valence-corrected chi connectivity index (χ4v) is 6.78. The summed E-state index contributed by atoms with van der Waals surface area (Å²) in [4.78, 5) is 40.8. The Labute approximate surface area is 354 Å². The van der Waals surface area contributed by atoms with Crippen molar-refractivity contribution in [2.24, 2.45) is 11.8 Å². The van der Waals surface area contributed by atoms with Crippen LogP contribution in [0.25, 0.3) is 0 Å². The highest BCUT2D eigenvalue weighted by molar-refractivity contribution is 5.86. The zero-order valence-electron chi connectivity index (χ0n) is 34.1. The number of carbonyl (C=O) groups excluding carboxylic acids is 3. The first-order valence-electron chi connectivity index (χ1n) is 20.5. The van der Waals surface area contributed by atoms with Crippen molar-refractivity contribution >= 4 is 17.8 Å². The maximum Gasteiger partial charge on any atom is 0.309 e. The molecular weight excluding hydrogens is 753 g/mol. The lowest BCUT2D eigenvalue weighted by molar-refractivity contribution is -0.149. The summed E-state index contributed by atoms with van der Waals surface area (Å²) in [6, 6.07) is 43.5. The molecule has 9 nitrogen and oxygen atoms in total. The van der Waals surface area contributed by atoms with E-state index in [1.165, 1.54) is 0 Å². The van der Waals surface area contributed by atoms with Gasteiger partial charge in [0.2, 0.25) is 11.8 Å². The van der Waals surface area contributed by atoms with E-state index in [0.29, 0.717) is 50.4 Å². The smallest absolute Gasteiger partial charge is 0.309 e. The van der Waals surface area contributed by atoms with E-state index in [1.54, 1.807) is 12.2 Å². The zero-order chi connectivity index (χ0) is 42.4. The molecule has 0 aromatic heterocycles. The normalized spacial score (nSPS) is 12.8.